The number of hydrogen-bond acceptors (Lipinski definition) is 0. The average Bonchev–Trinajstić information content (AvgIpc) is 2.81. The second kappa shape index (κ2) is 13.2. The lowest BCUT2D eigenvalue weighted by molar-refractivity contribution is 0.0350. The Morgan fingerprint density at radius 2 is 1.65 bits per heavy atom. The van der Waals surface area contributed by atoms with Crippen molar-refractivity contribution < 1.29 is 0 Å². The van der Waals surface area contributed by atoms with E-state index in [0.717, 1.165) is 38.5 Å². The van der Waals surface area contributed by atoms with Crippen LogP contribution in [0.5, 0.6) is 0 Å². The summed E-state index contributed by atoms with van der Waals surface area (Å²) < 4.78 is 0. The van der Waals surface area contributed by atoms with Crippen molar-refractivity contribution in [3.05, 3.63) is 70.8 Å². The standard InChI is InChI=1S/C37H56/c1-12-16-23-32-31(26-28(5)6)34(35(9,10)11)33(20-13-2)36(24-14-3,25-15-4)37(32,29(7)8)27-30-21-18-17-19-22-30/h3,13,17-19,21-22,28-29H,2,12,15-16,20,23-27H2,1,4-11H3. The van der Waals surface area contributed by atoms with Crippen LogP contribution in [0.1, 0.15) is 119 Å². The van der Waals surface area contributed by atoms with Crippen molar-refractivity contribution in [1.82, 2.24) is 0 Å². The summed E-state index contributed by atoms with van der Waals surface area (Å²) in [6.07, 6.45) is 18.2. The third-order valence-electron chi connectivity index (χ3n) is 8.82. The molecule has 0 aliphatic heterocycles. The molecule has 0 saturated carbocycles. The fourth-order valence-electron chi connectivity index (χ4n) is 7.73. The van der Waals surface area contributed by atoms with E-state index in [2.05, 4.69) is 111 Å². The molecule has 2 rings (SSSR count). The van der Waals surface area contributed by atoms with Gasteiger partial charge in [-0.1, -0.05) is 123 Å². The number of benzene rings is 1. The van der Waals surface area contributed by atoms with Gasteiger partial charge in [-0.25, -0.2) is 0 Å². The Balaban J connectivity index is 3.24. The summed E-state index contributed by atoms with van der Waals surface area (Å²) in [7, 11) is 0. The van der Waals surface area contributed by atoms with E-state index in [0.29, 0.717) is 11.8 Å². The van der Waals surface area contributed by atoms with Crippen molar-refractivity contribution in [2.45, 2.75) is 120 Å². The predicted molar refractivity (Wildman–Crippen MR) is 166 cm³/mol. The zero-order valence-corrected chi connectivity index (χ0v) is 25.8. The number of hydrogen-bond donors (Lipinski definition) is 0. The van der Waals surface area contributed by atoms with Gasteiger partial charge in [0.05, 0.1) is 0 Å². The van der Waals surface area contributed by atoms with Crippen LogP contribution < -0.4 is 0 Å². The summed E-state index contributed by atoms with van der Waals surface area (Å²) in [6, 6.07) is 11.2. The second-order valence-corrected chi connectivity index (χ2v) is 13.3. The van der Waals surface area contributed by atoms with Crippen LogP contribution in [0.25, 0.3) is 0 Å². The number of rotatable bonds is 13. The summed E-state index contributed by atoms with van der Waals surface area (Å²) >= 11 is 0. The van der Waals surface area contributed by atoms with Crippen molar-refractivity contribution in [2.75, 3.05) is 0 Å². The Morgan fingerprint density at radius 1 is 1.00 bits per heavy atom. The second-order valence-electron chi connectivity index (χ2n) is 13.3. The first-order valence-electron chi connectivity index (χ1n) is 15.0. The van der Waals surface area contributed by atoms with E-state index >= 15 is 0 Å². The lowest BCUT2D eigenvalue weighted by Crippen LogP contribution is -2.53. The van der Waals surface area contributed by atoms with Crippen molar-refractivity contribution >= 4 is 0 Å². The summed E-state index contributed by atoms with van der Waals surface area (Å²) in [6.45, 7) is 26.0. The fraction of sp³-hybridized carbons (Fsp3) is 0.622. The van der Waals surface area contributed by atoms with Crippen LogP contribution in [0, 0.1) is 40.4 Å². The van der Waals surface area contributed by atoms with Crippen LogP contribution in [-0.4, -0.2) is 0 Å². The van der Waals surface area contributed by atoms with Crippen LogP contribution in [-0.2, 0) is 6.42 Å². The molecule has 2 unspecified atom stereocenters. The Labute approximate surface area is 231 Å². The lowest BCUT2D eigenvalue weighted by Gasteiger charge is -2.61. The van der Waals surface area contributed by atoms with Gasteiger partial charge < -0.3 is 0 Å². The monoisotopic (exact) mass is 500 g/mol. The number of allylic oxidation sites excluding steroid dienone is 5. The maximum absolute atomic E-state index is 6.35. The molecular weight excluding hydrogens is 444 g/mol. The highest BCUT2D eigenvalue weighted by atomic mass is 14.6. The normalized spacial score (nSPS) is 22.6. The third-order valence-corrected chi connectivity index (χ3v) is 8.82. The van der Waals surface area contributed by atoms with Gasteiger partial charge in [-0.15, -0.1) is 18.9 Å². The molecule has 1 aliphatic rings. The smallest absolute Gasteiger partial charge is 0.0189 e. The molecule has 0 radical (unpaired) electrons. The van der Waals surface area contributed by atoms with Crippen LogP contribution >= 0.6 is 0 Å². The van der Waals surface area contributed by atoms with Gasteiger partial charge in [-0.2, -0.15) is 0 Å². The minimum Gasteiger partial charge on any atom is -0.120 e. The largest absolute Gasteiger partial charge is 0.120 e. The lowest BCUT2D eigenvalue weighted by atomic mass is 9.42. The van der Waals surface area contributed by atoms with E-state index in [-0.39, 0.29) is 16.2 Å². The fourth-order valence-corrected chi connectivity index (χ4v) is 7.73. The van der Waals surface area contributed by atoms with E-state index < -0.39 is 0 Å². The minimum absolute atomic E-state index is 0.0246. The van der Waals surface area contributed by atoms with Crippen LogP contribution in [0.4, 0.5) is 0 Å². The zero-order chi connectivity index (χ0) is 27.9. The van der Waals surface area contributed by atoms with E-state index in [1.807, 2.05) is 0 Å². The number of terminal acetylenes is 1. The van der Waals surface area contributed by atoms with Gasteiger partial charge in [-0.05, 0) is 72.5 Å². The molecule has 1 aromatic rings. The highest BCUT2D eigenvalue weighted by Gasteiger charge is 2.59. The topological polar surface area (TPSA) is 0 Å². The minimum atomic E-state index is -0.0825. The van der Waals surface area contributed by atoms with E-state index in [1.165, 1.54) is 24.8 Å². The number of unbranched alkanes of at least 4 members (excludes halogenated alkanes) is 1. The molecule has 0 saturated heterocycles. The van der Waals surface area contributed by atoms with Crippen LogP contribution in [0.2, 0.25) is 0 Å². The van der Waals surface area contributed by atoms with Crippen molar-refractivity contribution in [1.29, 1.82) is 0 Å². The first-order chi connectivity index (χ1) is 17.5. The molecule has 1 aromatic carbocycles. The highest BCUT2D eigenvalue weighted by molar-refractivity contribution is 5.55. The molecule has 0 heterocycles. The predicted octanol–water partition coefficient (Wildman–Crippen LogP) is 11.1. The van der Waals surface area contributed by atoms with Gasteiger partial charge in [0.25, 0.3) is 0 Å². The summed E-state index contributed by atoms with van der Waals surface area (Å²) in [5.74, 6) is 4.32. The van der Waals surface area contributed by atoms with E-state index in [4.69, 9.17) is 6.42 Å². The molecule has 0 heteroatoms. The Bertz CT molecular complexity index is 985. The maximum Gasteiger partial charge on any atom is 0.0189 e. The third kappa shape index (κ3) is 6.19. The molecule has 0 nitrogen and oxygen atoms in total. The SMILES string of the molecule is C#CCC1(CCC)C(CC=C)=C(C(C)(C)C)C(CC(C)C)=C(CCCC)C1(Cc1ccccc1)C(C)C. The van der Waals surface area contributed by atoms with Crippen molar-refractivity contribution in [3.8, 4) is 12.3 Å². The van der Waals surface area contributed by atoms with Crippen LogP contribution in [0.3, 0.4) is 0 Å². The molecule has 0 fully saturated rings. The maximum atomic E-state index is 6.35. The van der Waals surface area contributed by atoms with Gasteiger partial charge in [0.15, 0.2) is 0 Å². The molecule has 0 spiro atoms. The molecule has 204 valence electrons. The molecule has 0 bridgehead atoms. The summed E-state index contributed by atoms with van der Waals surface area (Å²) in [4.78, 5) is 0. The first-order valence-corrected chi connectivity index (χ1v) is 15.0. The summed E-state index contributed by atoms with van der Waals surface area (Å²) in [5, 5.41) is 0. The van der Waals surface area contributed by atoms with Gasteiger partial charge in [0, 0.05) is 17.3 Å². The van der Waals surface area contributed by atoms with E-state index in [9.17, 15) is 0 Å². The highest BCUT2D eigenvalue weighted by Crippen LogP contribution is 2.68. The van der Waals surface area contributed by atoms with Crippen molar-refractivity contribution in [2.24, 2.45) is 28.1 Å². The molecule has 1 aliphatic carbocycles. The molecule has 37 heavy (non-hydrogen) atoms. The quantitative estimate of drug-likeness (QED) is 0.186. The van der Waals surface area contributed by atoms with Gasteiger partial charge in [-0.3, -0.25) is 0 Å². The summed E-state index contributed by atoms with van der Waals surface area (Å²) in [5.41, 5.74) is 7.94. The van der Waals surface area contributed by atoms with E-state index in [1.54, 1.807) is 22.3 Å². The molecule has 0 amide bonds. The Kier molecular flexibility index (Phi) is 11.1. The zero-order valence-electron chi connectivity index (χ0n) is 25.8. The Morgan fingerprint density at radius 3 is 2.11 bits per heavy atom. The molecular formula is C37H56. The Hall–Kier alpha value is -2.00. The van der Waals surface area contributed by atoms with Gasteiger partial charge >= 0.3 is 0 Å². The molecule has 0 aromatic heterocycles. The first kappa shape index (κ1) is 31.2. The van der Waals surface area contributed by atoms with Gasteiger partial charge in [0.1, 0.15) is 0 Å². The van der Waals surface area contributed by atoms with Gasteiger partial charge in [0.2, 0.25) is 0 Å². The van der Waals surface area contributed by atoms with Crippen LogP contribution in [0.15, 0.2) is 65.3 Å². The molecule has 0 N–H and O–H groups in total. The molecule has 2 atom stereocenters. The average molecular weight is 501 g/mol. The van der Waals surface area contributed by atoms with Crippen molar-refractivity contribution in [3.63, 3.8) is 0 Å².